The lowest BCUT2D eigenvalue weighted by molar-refractivity contribution is 0.0601. The van der Waals surface area contributed by atoms with E-state index in [2.05, 4.69) is 15.6 Å². The molecule has 1 aliphatic rings. The zero-order valence-corrected chi connectivity index (χ0v) is 15.5. The second-order valence-corrected chi connectivity index (χ2v) is 6.12. The van der Waals surface area contributed by atoms with Crippen LogP contribution in [-0.4, -0.2) is 30.8 Å². The minimum absolute atomic E-state index is 0.169. The molecule has 29 heavy (non-hydrogen) atoms. The highest BCUT2D eigenvalue weighted by atomic mass is 16.7. The number of hydrogen-bond acceptors (Lipinski definition) is 7. The van der Waals surface area contributed by atoms with Crippen LogP contribution < -0.4 is 20.1 Å². The Hall–Kier alpha value is -4.07. The van der Waals surface area contributed by atoms with Crippen LogP contribution in [0.1, 0.15) is 20.8 Å². The molecule has 3 aromatic rings. The molecular formula is C21H17N3O5. The average molecular weight is 391 g/mol. The number of ether oxygens (including phenoxy) is 3. The topological polar surface area (TPSA) is 98.8 Å². The number of carbonyl (C=O) groups excluding carboxylic acids is 2. The van der Waals surface area contributed by atoms with E-state index in [1.807, 2.05) is 0 Å². The zero-order chi connectivity index (χ0) is 20.2. The first kappa shape index (κ1) is 18.3. The Morgan fingerprint density at radius 3 is 2.59 bits per heavy atom. The Morgan fingerprint density at radius 2 is 1.79 bits per heavy atom. The van der Waals surface area contributed by atoms with Gasteiger partial charge in [-0.25, -0.2) is 9.78 Å². The van der Waals surface area contributed by atoms with Gasteiger partial charge >= 0.3 is 5.97 Å². The van der Waals surface area contributed by atoms with Gasteiger partial charge in [-0.2, -0.15) is 0 Å². The third-order valence-electron chi connectivity index (χ3n) is 4.24. The van der Waals surface area contributed by atoms with Gasteiger partial charge in [0.2, 0.25) is 6.79 Å². The number of amides is 1. The van der Waals surface area contributed by atoms with Gasteiger partial charge in [-0.05, 0) is 36.4 Å². The SMILES string of the molecule is COC(=O)c1ccccc1Nc1ccc(C(=O)Nc2ccc3c(c2)OCO3)nc1. The number of pyridine rings is 1. The highest BCUT2D eigenvalue weighted by molar-refractivity contribution is 6.03. The predicted molar refractivity (Wildman–Crippen MR) is 106 cm³/mol. The summed E-state index contributed by atoms with van der Waals surface area (Å²) in [6.07, 6.45) is 1.52. The van der Waals surface area contributed by atoms with Crippen molar-refractivity contribution in [3.8, 4) is 11.5 Å². The number of esters is 1. The third kappa shape index (κ3) is 3.96. The van der Waals surface area contributed by atoms with Crippen LogP contribution in [0, 0.1) is 0 Å². The van der Waals surface area contributed by atoms with Crippen LogP contribution in [0.25, 0.3) is 0 Å². The molecule has 0 spiro atoms. The van der Waals surface area contributed by atoms with Gasteiger partial charge in [-0.3, -0.25) is 4.79 Å². The minimum Gasteiger partial charge on any atom is -0.465 e. The molecule has 1 aromatic heterocycles. The number of nitrogens with one attached hydrogen (secondary N) is 2. The van der Waals surface area contributed by atoms with E-state index in [1.54, 1.807) is 54.6 Å². The molecule has 2 aromatic carbocycles. The van der Waals surface area contributed by atoms with Gasteiger partial charge in [0.1, 0.15) is 5.69 Å². The zero-order valence-electron chi connectivity index (χ0n) is 15.5. The van der Waals surface area contributed by atoms with E-state index < -0.39 is 5.97 Å². The van der Waals surface area contributed by atoms with E-state index in [0.717, 1.165) is 0 Å². The van der Waals surface area contributed by atoms with E-state index in [1.165, 1.54) is 13.3 Å². The lowest BCUT2D eigenvalue weighted by Crippen LogP contribution is -2.13. The first-order valence-corrected chi connectivity index (χ1v) is 8.75. The fourth-order valence-electron chi connectivity index (χ4n) is 2.81. The van der Waals surface area contributed by atoms with Gasteiger partial charge in [0, 0.05) is 11.8 Å². The summed E-state index contributed by atoms with van der Waals surface area (Å²) in [5.41, 5.74) is 2.43. The molecule has 1 aliphatic heterocycles. The molecule has 0 unspecified atom stereocenters. The number of anilines is 3. The molecule has 0 bridgehead atoms. The highest BCUT2D eigenvalue weighted by Crippen LogP contribution is 2.34. The second-order valence-electron chi connectivity index (χ2n) is 6.12. The molecule has 0 radical (unpaired) electrons. The summed E-state index contributed by atoms with van der Waals surface area (Å²) in [5, 5.41) is 5.88. The molecule has 8 heteroatoms. The van der Waals surface area contributed by atoms with Crippen molar-refractivity contribution in [2.24, 2.45) is 0 Å². The quantitative estimate of drug-likeness (QED) is 0.641. The van der Waals surface area contributed by atoms with Crippen molar-refractivity contribution in [1.82, 2.24) is 4.98 Å². The molecule has 0 aliphatic carbocycles. The maximum Gasteiger partial charge on any atom is 0.339 e. The Morgan fingerprint density at radius 1 is 1.00 bits per heavy atom. The van der Waals surface area contributed by atoms with Gasteiger partial charge in [-0.15, -0.1) is 0 Å². The molecule has 2 heterocycles. The maximum atomic E-state index is 12.4. The first-order valence-electron chi connectivity index (χ1n) is 8.75. The fraction of sp³-hybridized carbons (Fsp3) is 0.0952. The molecule has 4 rings (SSSR count). The average Bonchev–Trinajstić information content (AvgIpc) is 3.22. The number of hydrogen-bond donors (Lipinski definition) is 2. The van der Waals surface area contributed by atoms with Crippen molar-refractivity contribution in [1.29, 1.82) is 0 Å². The number of fused-ring (bicyclic) bond motifs is 1. The van der Waals surface area contributed by atoms with Crippen LogP contribution in [0.4, 0.5) is 17.1 Å². The smallest absolute Gasteiger partial charge is 0.339 e. The van der Waals surface area contributed by atoms with E-state index in [0.29, 0.717) is 34.1 Å². The van der Waals surface area contributed by atoms with Gasteiger partial charge in [0.05, 0.1) is 30.2 Å². The number of para-hydroxylation sites is 1. The monoisotopic (exact) mass is 391 g/mol. The van der Waals surface area contributed by atoms with Crippen molar-refractivity contribution in [2.75, 3.05) is 24.5 Å². The van der Waals surface area contributed by atoms with Gasteiger partial charge in [0.15, 0.2) is 11.5 Å². The predicted octanol–water partition coefficient (Wildman–Crippen LogP) is 3.59. The highest BCUT2D eigenvalue weighted by Gasteiger charge is 2.15. The van der Waals surface area contributed by atoms with Crippen molar-refractivity contribution < 1.29 is 23.8 Å². The second kappa shape index (κ2) is 7.89. The van der Waals surface area contributed by atoms with Crippen LogP contribution >= 0.6 is 0 Å². The number of nitrogens with zero attached hydrogens (tertiary/aromatic N) is 1. The summed E-state index contributed by atoms with van der Waals surface area (Å²) in [6.45, 7) is 0.169. The molecule has 0 fully saturated rings. The number of methoxy groups -OCH3 is 1. The van der Waals surface area contributed by atoms with Gasteiger partial charge in [-0.1, -0.05) is 12.1 Å². The molecule has 146 valence electrons. The minimum atomic E-state index is -0.444. The van der Waals surface area contributed by atoms with E-state index in [9.17, 15) is 9.59 Å². The standard InChI is InChI=1S/C21H17N3O5/c1-27-21(26)15-4-2-3-5-16(15)23-14-6-8-17(22-11-14)20(25)24-13-7-9-18-19(10-13)29-12-28-18/h2-11,23H,12H2,1H3,(H,24,25). The van der Waals surface area contributed by atoms with Gasteiger partial charge in [0.25, 0.3) is 5.91 Å². The van der Waals surface area contributed by atoms with Gasteiger partial charge < -0.3 is 24.8 Å². The fourth-order valence-corrected chi connectivity index (χ4v) is 2.81. The van der Waals surface area contributed by atoms with Crippen LogP contribution in [0.15, 0.2) is 60.8 Å². The molecule has 2 N–H and O–H groups in total. The van der Waals surface area contributed by atoms with E-state index >= 15 is 0 Å². The lowest BCUT2D eigenvalue weighted by Gasteiger charge is -2.11. The maximum absolute atomic E-state index is 12.4. The molecular weight excluding hydrogens is 374 g/mol. The summed E-state index contributed by atoms with van der Waals surface area (Å²) in [6, 6.07) is 15.4. The Bertz CT molecular complexity index is 1070. The van der Waals surface area contributed by atoms with E-state index in [-0.39, 0.29) is 18.4 Å². The summed E-state index contributed by atoms with van der Waals surface area (Å²) >= 11 is 0. The molecule has 1 amide bonds. The number of rotatable bonds is 5. The Kier molecular flexibility index (Phi) is 4.98. The molecule has 0 saturated carbocycles. The summed E-state index contributed by atoms with van der Waals surface area (Å²) < 4.78 is 15.3. The normalized spacial score (nSPS) is 11.6. The number of carbonyl (C=O) groups is 2. The third-order valence-corrected chi connectivity index (χ3v) is 4.24. The van der Waals surface area contributed by atoms with E-state index in [4.69, 9.17) is 14.2 Å². The molecule has 8 nitrogen and oxygen atoms in total. The number of benzene rings is 2. The molecule has 0 atom stereocenters. The molecule has 0 saturated heterocycles. The van der Waals surface area contributed by atoms with Crippen molar-refractivity contribution in [3.63, 3.8) is 0 Å². The van der Waals surface area contributed by atoms with Crippen LogP contribution in [0.2, 0.25) is 0 Å². The van der Waals surface area contributed by atoms with Crippen molar-refractivity contribution in [3.05, 3.63) is 72.1 Å². The first-order chi connectivity index (χ1) is 14.1. The van der Waals surface area contributed by atoms with Crippen molar-refractivity contribution in [2.45, 2.75) is 0 Å². The summed E-state index contributed by atoms with van der Waals surface area (Å²) in [7, 11) is 1.33. The Labute approximate surface area is 166 Å². The van der Waals surface area contributed by atoms with Crippen LogP contribution in [0.5, 0.6) is 11.5 Å². The Balaban J connectivity index is 1.45. The van der Waals surface area contributed by atoms with Crippen molar-refractivity contribution >= 4 is 28.9 Å². The summed E-state index contributed by atoms with van der Waals surface area (Å²) in [4.78, 5) is 28.5. The largest absolute Gasteiger partial charge is 0.465 e. The number of aromatic nitrogens is 1. The lowest BCUT2D eigenvalue weighted by atomic mass is 10.1. The van der Waals surface area contributed by atoms with Crippen LogP contribution in [0.3, 0.4) is 0 Å². The summed E-state index contributed by atoms with van der Waals surface area (Å²) in [5.74, 6) is 0.425. The van der Waals surface area contributed by atoms with Crippen LogP contribution in [-0.2, 0) is 4.74 Å².